The number of carbonyl (C=O) groups is 4. The molecule has 17 nitrogen and oxygen atoms in total. The third-order valence-corrected chi connectivity index (χ3v) is 17.0. The molecule has 0 aromatic heterocycles. The summed E-state index contributed by atoms with van der Waals surface area (Å²) in [6.07, 6.45) is 38.9. The average molecular weight is 1230 g/mol. The van der Waals surface area contributed by atoms with Gasteiger partial charge in [-0.3, -0.25) is 37.3 Å². The lowest BCUT2D eigenvalue weighted by molar-refractivity contribution is -0.161. The molecule has 0 fully saturated rings. The van der Waals surface area contributed by atoms with Gasteiger partial charge in [0.15, 0.2) is 12.2 Å². The Kier molecular flexibility index (Phi) is 55.2. The van der Waals surface area contributed by atoms with E-state index in [1.807, 2.05) is 0 Å². The van der Waals surface area contributed by atoms with Crippen molar-refractivity contribution >= 4 is 39.5 Å². The molecule has 0 saturated carbocycles. The Morgan fingerprint density at radius 2 is 0.614 bits per heavy atom. The summed E-state index contributed by atoms with van der Waals surface area (Å²) < 4.78 is 67.9. The minimum absolute atomic E-state index is 0.106. The summed E-state index contributed by atoms with van der Waals surface area (Å²) >= 11 is 0. The van der Waals surface area contributed by atoms with Crippen LogP contribution in [-0.4, -0.2) is 96.7 Å². The number of ether oxygens (including phenoxy) is 4. The highest BCUT2D eigenvalue weighted by atomic mass is 31.2. The zero-order valence-corrected chi connectivity index (χ0v) is 55.3. The minimum Gasteiger partial charge on any atom is -0.462 e. The van der Waals surface area contributed by atoms with E-state index < -0.39 is 97.5 Å². The van der Waals surface area contributed by atoms with Gasteiger partial charge in [0.2, 0.25) is 0 Å². The van der Waals surface area contributed by atoms with Crippen LogP contribution in [0.3, 0.4) is 0 Å². The SMILES string of the molecule is CCCCCCCCCCCCCC(=O)O[C@H](COC(=O)CCCCCCCCC)COP(=O)(O)OC[C@H](O)COP(=O)(O)OC[C@@H](COC(=O)CCCCCCCCCCC(C)C)OC(=O)CCCCCCCCCCCCC(C)CC. The first-order valence-electron chi connectivity index (χ1n) is 33.5. The molecule has 83 heavy (non-hydrogen) atoms. The molecule has 0 spiro atoms. The van der Waals surface area contributed by atoms with Crippen LogP contribution in [-0.2, 0) is 65.4 Å². The maximum atomic E-state index is 13.0. The van der Waals surface area contributed by atoms with Crippen LogP contribution < -0.4 is 0 Å². The molecular formula is C64H124O17P2. The second-order valence-corrected chi connectivity index (χ2v) is 26.8. The summed E-state index contributed by atoms with van der Waals surface area (Å²) in [5, 5.41) is 10.5. The largest absolute Gasteiger partial charge is 0.472 e. The predicted molar refractivity (Wildman–Crippen MR) is 331 cm³/mol. The van der Waals surface area contributed by atoms with Crippen LogP contribution in [0.2, 0.25) is 0 Å². The van der Waals surface area contributed by atoms with Gasteiger partial charge in [0, 0.05) is 25.7 Å². The minimum atomic E-state index is -4.94. The van der Waals surface area contributed by atoms with Crippen LogP contribution in [0, 0.1) is 11.8 Å². The van der Waals surface area contributed by atoms with Crippen LogP contribution in [0.1, 0.15) is 318 Å². The normalized spacial score (nSPS) is 14.6. The highest BCUT2D eigenvalue weighted by molar-refractivity contribution is 7.47. The fourth-order valence-corrected chi connectivity index (χ4v) is 11.1. The summed E-state index contributed by atoms with van der Waals surface area (Å²) in [7, 11) is -9.88. The van der Waals surface area contributed by atoms with Gasteiger partial charge >= 0.3 is 39.5 Å². The van der Waals surface area contributed by atoms with Gasteiger partial charge in [-0.25, -0.2) is 9.13 Å². The maximum Gasteiger partial charge on any atom is 0.472 e. The Morgan fingerprint density at radius 1 is 0.349 bits per heavy atom. The van der Waals surface area contributed by atoms with E-state index in [4.69, 9.17) is 37.0 Å². The summed E-state index contributed by atoms with van der Waals surface area (Å²) in [6, 6.07) is 0. The van der Waals surface area contributed by atoms with Crippen molar-refractivity contribution in [2.45, 2.75) is 336 Å². The first-order chi connectivity index (χ1) is 39.9. The zero-order chi connectivity index (χ0) is 61.5. The Labute approximate surface area is 505 Å². The topological polar surface area (TPSA) is 237 Å². The van der Waals surface area contributed by atoms with Crippen LogP contribution in [0.15, 0.2) is 0 Å². The quantitative estimate of drug-likeness (QED) is 0.0222. The Bertz CT molecular complexity index is 1630. The highest BCUT2D eigenvalue weighted by Crippen LogP contribution is 2.45. The Hall–Kier alpha value is -1.94. The lowest BCUT2D eigenvalue weighted by atomic mass is 9.99. The monoisotopic (exact) mass is 1230 g/mol. The lowest BCUT2D eigenvalue weighted by Gasteiger charge is -2.21. The molecule has 0 aromatic carbocycles. The van der Waals surface area contributed by atoms with E-state index in [0.29, 0.717) is 25.7 Å². The van der Waals surface area contributed by atoms with E-state index >= 15 is 0 Å². The van der Waals surface area contributed by atoms with Crippen molar-refractivity contribution < 1.29 is 80.2 Å². The van der Waals surface area contributed by atoms with Gasteiger partial charge in [0.1, 0.15) is 19.3 Å². The molecule has 0 aliphatic rings. The molecule has 0 aromatic rings. The fraction of sp³-hybridized carbons (Fsp3) is 0.938. The standard InChI is InChI=1S/C64H124O17P2/c1-7-10-12-14-16-17-18-22-30-36-42-48-63(68)80-59(52-74-61(66)46-40-34-26-15-13-11-8-2)54-78-82(70,71)76-50-58(65)51-77-83(72,73)79-55-60(53-75-62(67)47-41-35-29-25-24-27-32-38-44-56(4)5)81-64(69)49-43-37-31-23-20-19-21-28-33-39-45-57(6)9-3/h56-60,65H,7-55H2,1-6H3,(H,70,71)(H,72,73)/t57?,58-,59+,60+/m0/s1. The molecule has 3 unspecified atom stereocenters. The molecule has 0 bridgehead atoms. The van der Waals surface area contributed by atoms with Gasteiger partial charge in [-0.2, -0.15) is 0 Å². The van der Waals surface area contributed by atoms with E-state index in [1.54, 1.807) is 0 Å². The fourth-order valence-electron chi connectivity index (χ4n) is 9.50. The van der Waals surface area contributed by atoms with Crippen LogP contribution in [0.4, 0.5) is 0 Å². The van der Waals surface area contributed by atoms with Gasteiger partial charge < -0.3 is 33.8 Å². The van der Waals surface area contributed by atoms with E-state index in [1.165, 1.54) is 122 Å². The molecule has 0 saturated heterocycles. The summed E-state index contributed by atoms with van der Waals surface area (Å²) in [5.74, 6) is -0.608. The van der Waals surface area contributed by atoms with Crippen molar-refractivity contribution in [3.8, 4) is 0 Å². The van der Waals surface area contributed by atoms with Crippen LogP contribution >= 0.6 is 15.6 Å². The van der Waals surface area contributed by atoms with Crippen molar-refractivity contribution in [1.82, 2.24) is 0 Å². The Morgan fingerprint density at radius 3 is 0.916 bits per heavy atom. The molecule has 19 heteroatoms. The molecule has 3 N–H and O–H groups in total. The van der Waals surface area contributed by atoms with Gasteiger partial charge in [0.25, 0.3) is 0 Å². The second kappa shape index (κ2) is 56.6. The van der Waals surface area contributed by atoms with Crippen molar-refractivity contribution in [1.29, 1.82) is 0 Å². The Balaban J connectivity index is 5.22. The summed E-state index contributed by atoms with van der Waals surface area (Å²) in [6.45, 7) is 9.44. The molecule has 492 valence electrons. The van der Waals surface area contributed by atoms with E-state index in [-0.39, 0.29) is 25.7 Å². The molecule has 0 rings (SSSR count). The first-order valence-corrected chi connectivity index (χ1v) is 36.5. The zero-order valence-electron chi connectivity index (χ0n) is 53.5. The predicted octanol–water partition coefficient (Wildman–Crippen LogP) is 17.7. The molecular weight excluding hydrogens is 1100 g/mol. The number of phosphoric acid groups is 2. The van der Waals surface area contributed by atoms with Gasteiger partial charge in [0.05, 0.1) is 26.4 Å². The molecule has 6 atom stereocenters. The number of hydrogen-bond donors (Lipinski definition) is 3. The molecule has 0 radical (unpaired) electrons. The van der Waals surface area contributed by atoms with Crippen molar-refractivity contribution in [2.24, 2.45) is 11.8 Å². The maximum absolute atomic E-state index is 13.0. The second-order valence-electron chi connectivity index (χ2n) is 23.9. The first kappa shape index (κ1) is 81.1. The van der Waals surface area contributed by atoms with Gasteiger partial charge in [-0.05, 0) is 37.5 Å². The highest BCUT2D eigenvalue weighted by Gasteiger charge is 2.30. The van der Waals surface area contributed by atoms with E-state index in [0.717, 1.165) is 115 Å². The number of hydrogen-bond acceptors (Lipinski definition) is 15. The van der Waals surface area contributed by atoms with E-state index in [9.17, 15) is 43.2 Å². The lowest BCUT2D eigenvalue weighted by Crippen LogP contribution is -2.30. The number of esters is 4. The molecule has 0 aliphatic heterocycles. The number of carbonyl (C=O) groups excluding carboxylic acids is 4. The number of phosphoric ester groups is 2. The number of aliphatic hydroxyl groups is 1. The third-order valence-electron chi connectivity index (χ3n) is 15.1. The third kappa shape index (κ3) is 57.6. The van der Waals surface area contributed by atoms with E-state index in [2.05, 4.69) is 41.5 Å². The summed E-state index contributed by atoms with van der Waals surface area (Å²) in [5.41, 5.74) is 0. The van der Waals surface area contributed by atoms with Gasteiger partial charge in [-0.1, -0.05) is 266 Å². The molecule has 0 heterocycles. The number of rotatable bonds is 63. The van der Waals surface area contributed by atoms with Crippen molar-refractivity contribution in [3.63, 3.8) is 0 Å². The smallest absolute Gasteiger partial charge is 0.462 e. The van der Waals surface area contributed by atoms with Crippen molar-refractivity contribution in [2.75, 3.05) is 39.6 Å². The number of unbranched alkanes of at least 4 members (excludes halogenated alkanes) is 32. The average Bonchev–Trinajstić information content (AvgIpc) is 3.46. The molecule has 0 aliphatic carbocycles. The van der Waals surface area contributed by atoms with Crippen LogP contribution in [0.25, 0.3) is 0 Å². The van der Waals surface area contributed by atoms with Crippen LogP contribution in [0.5, 0.6) is 0 Å². The molecule has 0 amide bonds. The van der Waals surface area contributed by atoms with Gasteiger partial charge in [-0.15, -0.1) is 0 Å². The van der Waals surface area contributed by atoms with Crippen molar-refractivity contribution in [3.05, 3.63) is 0 Å². The number of aliphatic hydroxyl groups excluding tert-OH is 1. The summed E-state index contributed by atoms with van der Waals surface area (Å²) in [4.78, 5) is 72.1.